The number of nitrogen functional groups attached to an aromatic ring is 1. The van der Waals surface area contributed by atoms with Gasteiger partial charge in [-0.2, -0.15) is 5.10 Å². The minimum atomic E-state index is -0.387. The Balaban J connectivity index is 1.93. The fourth-order valence-electron chi connectivity index (χ4n) is 3.92. The molecule has 1 atom stereocenters. The Morgan fingerprint density at radius 2 is 1.97 bits per heavy atom. The zero-order valence-electron chi connectivity index (χ0n) is 19.6. The van der Waals surface area contributed by atoms with Gasteiger partial charge in [0.05, 0.1) is 18.0 Å². The summed E-state index contributed by atoms with van der Waals surface area (Å²) in [7, 11) is 1.73. The molecule has 174 valence electrons. The first kappa shape index (κ1) is 24.2. The van der Waals surface area contributed by atoms with Gasteiger partial charge in [-0.25, -0.2) is 0 Å². The quantitative estimate of drug-likeness (QED) is 0.283. The fraction of sp³-hybridized carbons (Fsp3) is 0.308. The van der Waals surface area contributed by atoms with Crippen LogP contribution in [0, 0.1) is 6.92 Å². The van der Waals surface area contributed by atoms with Crippen molar-refractivity contribution in [1.82, 2.24) is 10.3 Å². The van der Waals surface area contributed by atoms with Crippen LogP contribution in [0.25, 0.3) is 0 Å². The maximum atomic E-state index is 6.80. The fourth-order valence-corrected chi connectivity index (χ4v) is 3.92. The molecule has 6 N–H and O–H groups in total. The second-order valence-corrected chi connectivity index (χ2v) is 8.04. The van der Waals surface area contributed by atoms with Crippen molar-refractivity contribution in [3.05, 3.63) is 83.1 Å². The molecule has 1 aliphatic heterocycles. The molecule has 7 heteroatoms. The number of benzene rings is 2. The topological polar surface area (TPSA) is 104 Å². The van der Waals surface area contributed by atoms with E-state index >= 15 is 0 Å². The highest BCUT2D eigenvalue weighted by Gasteiger charge is 2.19. The van der Waals surface area contributed by atoms with Crippen LogP contribution in [-0.4, -0.2) is 50.7 Å². The van der Waals surface area contributed by atoms with E-state index in [1.54, 1.807) is 19.3 Å². The molecule has 7 nitrogen and oxygen atoms in total. The van der Waals surface area contributed by atoms with Gasteiger partial charge in [-0.15, -0.1) is 0 Å². The predicted molar refractivity (Wildman–Crippen MR) is 141 cm³/mol. The van der Waals surface area contributed by atoms with E-state index in [-0.39, 0.29) is 6.04 Å². The van der Waals surface area contributed by atoms with Gasteiger partial charge >= 0.3 is 0 Å². The average molecular weight is 446 g/mol. The first-order valence-corrected chi connectivity index (χ1v) is 11.3. The number of hydrogen-bond acceptors (Lipinski definition) is 7. The van der Waals surface area contributed by atoms with Crippen LogP contribution in [0.5, 0.6) is 0 Å². The van der Waals surface area contributed by atoms with E-state index in [9.17, 15) is 0 Å². The average Bonchev–Trinajstić information content (AvgIpc) is 3.09. The highest BCUT2D eigenvalue weighted by Crippen LogP contribution is 2.32. The van der Waals surface area contributed by atoms with Crippen LogP contribution in [-0.2, 0) is 0 Å². The molecule has 0 saturated carbocycles. The molecule has 33 heavy (non-hydrogen) atoms. The number of para-hydroxylation sites is 1. The molecule has 2 aromatic carbocycles. The van der Waals surface area contributed by atoms with Gasteiger partial charge in [-0.05, 0) is 48.7 Å². The van der Waals surface area contributed by atoms with Crippen molar-refractivity contribution in [2.45, 2.75) is 19.4 Å². The standard InChI is InChI=1S/C26H35N7/c1-4-8-20(17-31-33-15-7-13-30-14-16-33)32-26-19(2)9-5-11-22(26)25(28)21-10-6-12-24(27)23(21)18-29-3/h4-6,8-12,17-18,25,30,32H,1,7,13-16,27-28H2,2-3H3/b20-8+,29-18?,31-17-. The summed E-state index contributed by atoms with van der Waals surface area (Å²) >= 11 is 0. The summed E-state index contributed by atoms with van der Waals surface area (Å²) in [6.45, 7) is 9.71. The van der Waals surface area contributed by atoms with Crippen molar-refractivity contribution in [3.63, 3.8) is 0 Å². The van der Waals surface area contributed by atoms with Crippen molar-refractivity contribution in [2.24, 2.45) is 15.8 Å². The van der Waals surface area contributed by atoms with Crippen LogP contribution >= 0.6 is 0 Å². The normalized spacial score (nSPS) is 16.2. The third-order valence-corrected chi connectivity index (χ3v) is 5.65. The first-order chi connectivity index (χ1) is 16.0. The minimum absolute atomic E-state index is 0.387. The van der Waals surface area contributed by atoms with Gasteiger partial charge in [-0.3, -0.25) is 10.0 Å². The second-order valence-electron chi connectivity index (χ2n) is 8.04. The third-order valence-electron chi connectivity index (χ3n) is 5.65. The van der Waals surface area contributed by atoms with E-state index in [0.29, 0.717) is 5.69 Å². The van der Waals surface area contributed by atoms with E-state index in [0.717, 1.165) is 66.2 Å². The molecule has 0 radical (unpaired) electrons. The first-order valence-electron chi connectivity index (χ1n) is 11.3. The molecule has 1 fully saturated rings. The predicted octanol–water partition coefficient (Wildman–Crippen LogP) is 3.44. The molecule has 0 bridgehead atoms. The Morgan fingerprint density at radius 1 is 1.18 bits per heavy atom. The highest BCUT2D eigenvalue weighted by molar-refractivity contribution is 5.90. The molecule has 0 amide bonds. The summed E-state index contributed by atoms with van der Waals surface area (Å²) < 4.78 is 0. The number of hydrazone groups is 1. The van der Waals surface area contributed by atoms with Crippen LogP contribution in [0.15, 0.2) is 70.9 Å². The number of rotatable bonds is 8. The maximum absolute atomic E-state index is 6.80. The number of aliphatic imine (C=N–C) groups is 1. The van der Waals surface area contributed by atoms with E-state index in [4.69, 9.17) is 16.6 Å². The number of hydrogen-bond donors (Lipinski definition) is 4. The van der Waals surface area contributed by atoms with Crippen LogP contribution < -0.4 is 22.1 Å². The van der Waals surface area contributed by atoms with E-state index in [1.807, 2.05) is 42.6 Å². The van der Waals surface area contributed by atoms with Crippen LogP contribution in [0.3, 0.4) is 0 Å². The summed E-state index contributed by atoms with van der Waals surface area (Å²) in [4.78, 5) is 4.17. The van der Waals surface area contributed by atoms with Gasteiger partial charge < -0.3 is 22.1 Å². The molecule has 0 aliphatic carbocycles. The lowest BCUT2D eigenvalue weighted by molar-refractivity contribution is 0.310. The summed E-state index contributed by atoms with van der Waals surface area (Å²) in [5.41, 5.74) is 19.3. The molecule has 1 saturated heterocycles. The smallest absolute Gasteiger partial charge is 0.0705 e. The van der Waals surface area contributed by atoms with Crippen molar-refractivity contribution in [1.29, 1.82) is 0 Å². The van der Waals surface area contributed by atoms with Crippen molar-refractivity contribution in [2.75, 3.05) is 44.3 Å². The number of aryl methyl sites for hydroxylation is 1. The lowest BCUT2D eigenvalue weighted by Crippen LogP contribution is -2.24. The molecule has 1 heterocycles. The van der Waals surface area contributed by atoms with Gasteiger partial charge in [0, 0.05) is 49.8 Å². The lowest BCUT2D eigenvalue weighted by Gasteiger charge is -2.22. The Kier molecular flexibility index (Phi) is 8.80. The molecule has 1 unspecified atom stereocenters. The van der Waals surface area contributed by atoms with Crippen LogP contribution in [0.1, 0.15) is 34.7 Å². The van der Waals surface area contributed by atoms with E-state index < -0.39 is 0 Å². The summed E-state index contributed by atoms with van der Waals surface area (Å²) in [5.74, 6) is 0. The number of nitrogens with zero attached hydrogens (tertiary/aromatic N) is 3. The molecular weight excluding hydrogens is 410 g/mol. The molecule has 3 rings (SSSR count). The zero-order chi connectivity index (χ0) is 23.6. The number of allylic oxidation sites excluding steroid dienone is 3. The van der Waals surface area contributed by atoms with E-state index in [2.05, 4.69) is 40.2 Å². The molecule has 1 aliphatic rings. The third kappa shape index (κ3) is 6.31. The summed E-state index contributed by atoms with van der Waals surface area (Å²) in [6.07, 6.45) is 8.36. The van der Waals surface area contributed by atoms with Gasteiger partial charge in [0.1, 0.15) is 0 Å². The van der Waals surface area contributed by atoms with Crippen molar-refractivity contribution in [3.8, 4) is 0 Å². The van der Waals surface area contributed by atoms with Crippen LogP contribution in [0.4, 0.5) is 11.4 Å². The van der Waals surface area contributed by atoms with Gasteiger partial charge in [0.25, 0.3) is 0 Å². The van der Waals surface area contributed by atoms with Crippen molar-refractivity contribution < 1.29 is 0 Å². The van der Waals surface area contributed by atoms with Crippen LogP contribution in [0.2, 0.25) is 0 Å². The highest BCUT2D eigenvalue weighted by atomic mass is 15.5. The van der Waals surface area contributed by atoms with Gasteiger partial charge in [-0.1, -0.05) is 43.0 Å². The summed E-state index contributed by atoms with van der Waals surface area (Å²) in [6, 6.07) is 11.5. The number of nitrogens with one attached hydrogen (secondary N) is 2. The Labute approximate surface area is 197 Å². The van der Waals surface area contributed by atoms with Gasteiger partial charge in [0.15, 0.2) is 0 Å². The number of nitrogens with two attached hydrogens (primary N) is 2. The Hall–Kier alpha value is -3.42. The minimum Gasteiger partial charge on any atom is -0.398 e. The Bertz CT molecular complexity index is 1030. The second kappa shape index (κ2) is 12.0. The molecule has 0 spiro atoms. The SMILES string of the molecule is C=C/C=C(\C=N/N1CCCNCC1)Nc1c(C)cccc1C(N)c1cccc(N)c1C=NC. The summed E-state index contributed by atoms with van der Waals surface area (Å²) in [5, 5.41) is 13.7. The van der Waals surface area contributed by atoms with Crippen molar-refractivity contribution >= 4 is 23.8 Å². The Morgan fingerprint density at radius 3 is 2.76 bits per heavy atom. The van der Waals surface area contributed by atoms with E-state index in [1.165, 1.54) is 0 Å². The molecule has 0 aromatic heterocycles. The zero-order valence-corrected chi connectivity index (χ0v) is 19.6. The largest absolute Gasteiger partial charge is 0.398 e. The number of anilines is 2. The maximum Gasteiger partial charge on any atom is 0.0705 e. The molecule has 2 aromatic rings. The molecular formula is C26H35N7. The monoisotopic (exact) mass is 445 g/mol. The van der Waals surface area contributed by atoms with Gasteiger partial charge in [0.2, 0.25) is 0 Å². The lowest BCUT2D eigenvalue weighted by atomic mass is 9.92.